The minimum absolute atomic E-state index is 0.0181. The summed E-state index contributed by atoms with van der Waals surface area (Å²) in [5.74, 6) is -1.31. The lowest BCUT2D eigenvalue weighted by Crippen LogP contribution is -2.34. The molecule has 2 rings (SSSR count). The van der Waals surface area contributed by atoms with Crippen molar-refractivity contribution in [2.75, 3.05) is 0 Å². The zero-order chi connectivity index (χ0) is 13.8. The highest BCUT2D eigenvalue weighted by molar-refractivity contribution is 9.11. The molecule has 1 fully saturated rings. The van der Waals surface area contributed by atoms with Crippen LogP contribution in [0.2, 0.25) is 0 Å². The predicted molar refractivity (Wildman–Crippen MR) is 76.9 cm³/mol. The fourth-order valence-corrected chi connectivity index (χ4v) is 3.84. The van der Waals surface area contributed by atoms with Gasteiger partial charge in [0.15, 0.2) is 0 Å². The lowest BCUT2D eigenvalue weighted by atomic mass is 9.81. The largest absolute Gasteiger partial charge is 0.481 e. The standard InChI is InChI=1S/C13H16BrNO3S/c14-11-5-4-10(19-11)7-15-12(16)8-2-1-3-9(6-8)13(17)18/h4-5,8-9H,1-3,6-7H2,(H,15,16)(H,17,18). The second-order valence-corrected chi connectivity index (χ2v) is 7.37. The van der Waals surface area contributed by atoms with E-state index in [0.717, 1.165) is 21.5 Å². The van der Waals surface area contributed by atoms with Gasteiger partial charge in [-0.25, -0.2) is 0 Å². The van der Waals surface area contributed by atoms with Crippen LogP contribution >= 0.6 is 27.3 Å². The molecule has 0 aliphatic heterocycles. The fourth-order valence-electron chi connectivity index (χ4n) is 2.42. The van der Waals surface area contributed by atoms with Gasteiger partial charge in [-0.2, -0.15) is 0 Å². The first-order valence-electron chi connectivity index (χ1n) is 6.31. The number of halogens is 1. The van der Waals surface area contributed by atoms with Crippen molar-refractivity contribution in [3.8, 4) is 0 Å². The van der Waals surface area contributed by atoms with Crippen molar-refractivity contribution in [1.82, 2.24) is 5.32 Å². The summed E-state index contributed by atoms with van der Waals surface area (Å²) < 4.78 is 1.04. The topological polar surface area (TPSA) is 66.4 Å². The van der Waals surface area contributed by atoms with Crippen molar-refractivity contribution in [1.29, 1.82) is 0 Å². The van der Waals surface area contributed by atoms with Crippen LogP contribution in [0.4, 0.5) is 0 Å². The number of carboxylic acids is 1. The van der Waals surface area contributed by atoms with Crippen molar-refractivity contribution in [3.05, 3.63) is 20.8 Å². The molecule has 2 unspecified atom stereocenters. The Kier molecular flexibility index (Phi) is 4.99. The molecule has 2 atom stereocenters. The Labute approximate surface area is 124 Å². The van der Waals surface area contributed by atoms with Gasteiger partial charge >= 0.3 is 5.97 Å². The summed E-state index contributed by atoms with van der Waals surface area (Å²) in [7, 11) is 0. The lowest BCUT2D eigenvalue weighted by molar-refractivity contribution is -0.144. The summed E-state index contributed by atoms with van der Waals surface area (Å²) in [4.78, 5) is 24.1. The van der Waals surface area contributed by atoms with Gasteiger partial charge in [-0.05, 0) is 47.3 Å². The quantitative estimate of drug-likeness (QED) is 0.881. The number of hydrogen-bond acceptors (Lipinski definition) is 3. The maximum Gasteiger partial charge on any atom is 0.306 e. The summed E-state index contributed by atoms with van der Waals surface area (Å²) in [6.45, 7) is 0.517. The SMILES string of the molecule is O=C(O)C1CCCC(C(=O)NCc2ccc(Br)s2)C1. The van der Waals surface area contributed by atoms with Gasteiger partial charge in [0.25, 0.3) is 0 Å². The molecule has 0 bridgehead atoms. The smallest absolute Gasteiger partial charge is 0.306 e. The molecule has 6 heteroatoms. The molecular weight excluding hydrogens is 330 g/mol. The molecule has 2 N–H and O–H groups in total. The van der Waals surface area contributed by atoms with Gasteiger partial charge in [-0.1, -0.05) is 6.42 Å². The van der Waals surface area contributed by atoms with Gasteiger partial charge in [-0.3, -0.25) is 9.59 Å². The number of rotatable bonds is 4. The molecule has 1 aromatic rings. The third-order valence-electron chi connectivity index (χ3n) is 3.46. The molecule has 1 heterocycles. The number of carboxylic acid groups (broad SMARTS) is 1. The van der Waals surface area contributed by atoms with E-state index in [2.05, 4.69) is 21.2 Å². The Morgan fingerprint density at radius 3 is 2.74 bits per heavy atom. The van der Waals surface area contributed by atoms with Gasteiger partial charge in [0.05, 0.1) is 16.2 Å². The molecule has 104 valence electrons. The normalized spacial score (nSPS) is 23.0. The molecular formula is C13H16BrNO3S. The summed E-state index contributed by atoms with van der Waals surface area (Å²) in [5.41, 5.74) is 0. The minimum Gasteiger partial charge on any atom is -0.481 e. The minimum atomic E-state index is -0.778. The Morgan fingerprint density at radius 1 is 1.37 bits per heavy atom. The lowest BCUT2D eigenvalue weighted by Gasteiger charge is -2.25. The van der Waals surface area contributed by atoms with Crippen LogP contribution in [0.25, 0.3) is 0 Å². The van der Waals surface area contributed by atoms with E-state index in [9.17, 15) is 9.59 Å². The molecule has 0 aromatic carbocycles. The van der Waals surface area contributed by atoms with Crippen LogP contribution in [0.1, 0.15) is 30.6 Å². The van der Waals surface area contributed by atoms with Crippen LogP contribution in [0, 0.1) is 11.8 Å². The van der Waals surface area contributed by atoms with Crippen molar-refractivity contribution >= 4 is 39.1 Å². The average molecular weight is 346 g/mol. The molecule has 1 saturated carbocycles. The Bertz CT molecular complexity index is 474. The molecule has 1 aromatic heterocycles. The number of nitrogens with one attached hydrogen (secondary N) is 1. The first-order chi connectivity index (χ1) is 9.06. The Hall–Kier alpha value is -0.880. The molecule has 1 aliphatic rings. The van der Waals surface area contributed by atoms with Gasteiger partial charge in [0, 0.05) is 10.8 Å². The van der Waals surface area contributed by atoms with Gasteiger partial charge in [0.1, 0.15) is 0 Å². The van der Waals surface area contributed by atoms with Gasteiger partial charge < -0.3 is 10.4 Å². The van der Waals surface area contributed by atoms with E-state index in [1.165, 1.54) is 0 Å². The molecule has 1 amide bonds. The first-order valence-corrected chi connectivity index (χ1v) is 7.92. The van der Waals surface area contributed by atoms with E-state index in [0.29, 0.717) is 19.4 Å². The van der Waals surface area contributed by atoms with Crippen molar-refractivity contribution < 1.29 is 14.7 Å². The van der Waals surface area contributed by atoms with E-state index in [1.54, 1.807) is 11.3 Å². The number of thiophene rings is 1. The zero-order valence-corrected chi connectivity index (χ0v) is 12.8. The summed E-state index contributed by atoms with van der Waals surface area (Å²) in [6, 6.07) is 3.92. The van der Waals surface area contributed by atoms with Gasteiger partial charge in [-0.15, -0.1) is 11.3 Å². The van der Waals surface area contributed by atoms with Crippen molar-refractivity contribution in [2.45, 2.75) is 32.2 Å². The van der Waals surface area contributed by atoms with E-state index in [1.807, 2.05) is 12.1 Å². The molecule has 4 nitrogen and oxygen atoms in total. The fraction of sp³-hybridized carbons (Fsp3) is 0.538. The molecule has 0 saturated heterocycles. The van der Waals surface area contributed by atoms with Gasteiger partial charge in [0.2, 0.25) is 5.91 Å². The van der Waals surface area contributed by atoms with E-state index < -0.39 is 5.97 Å². The van der Waals surface area contributed by atoms with E-state index in [-0.39, 0.29) is 17.7 Å². The average Bonchev–Trinajstić information content (AvgIpc) is 2.82. The third kappa shape index (κ3) is 4.04. The highest BCUT2D eigenvalue weighted by atomic mass is 79.9. The zero-order valence-electron chi connectivity index (χ0n) is 10.4. The summed E-state index contributed by atoms with van der Waals surface area (Å²) in [5, 5.41) is 11.9. The number of amides is 1. The van der Waals surface area contributed by atoms with Crippen molar-refractivity contribution in [3.63, 3.8) is 0 Å². The molecule has 1 aliphatic carbocycles. The van der Waals surface area contributed by atoms with Crippen LogP contribution < -0.4 is 5.32 Å². The van der Waals surface area contributed by atoms with Crippen LogP contribution in [-0.2, 0) is 16.1 Å². The highest BCUT2D eigenvalue weighted by Crippen LogP contribution is 2.29. The van der Waals surface area contributed by atoms with Crippen LogP contribution in [0.5, 0.6) is 0 Å². The molecule has 0 radical (unpaired) electrons. The maximum atomic E-state index is 12.0. The monoisotopic (exact) mass is 345 g/mol. The second-order valence-electron chi connectivity index (χ2n) is 4.82. The molecule has 19 heavy (non-hydrogen) atoms. The summed E-state index contributed by atoms with van der Waals surface area (Å²) in [6.07, 6.45) is 2.77. The van der Waals surface area contributed by atoms with E-state index >= 15 is 0 Å². The highest BCUT2D eigenvalue weighted by Gasteiger charge is 2.30. The summed E-state index contributed by atoms with van der Waals surface area (Å²) >= 11 is 4.97. The number of carbonyl (C=O) groups is 2. The predicted octanol–water partition coefficient (Wildman–Crippen LogP) is 3.02. The third-order valence-corrected chi connectivity index (χ3v) is 5.08. The van der Waals surface area contributed by atoms with Crippen LogP contribution in [0.15, 0.2) is 15.9 Å². The number of hydrogen-bond donors (Lipinski definition) is 2. The Morgan fingerprint density at radius 2 is 2.11 bits per heavy atom. The van der Waals surface area contributed by atoms with Crippen molar-refractivity contribution in [2.24, 2.45) is 11.8 Å². The molecule has 0 spiro atoms. The van der Waals surface area contributed by atoms with E-state index in [4.69, 9.17) is 5.11 Å². The Balaban J connectivity index is 1.84. The van der Waals surface area contributed by atoms with Crippen LogP contribution in [0.3, 0.4) is 0 Å². The number of carbonyl (C=O) groups excluding carboxylic acids is 1. The second kappa shape index (κ2) is 6.52. The first kappa shape index (κ1) is 14.5. The number of aliphatic carboxylic acids is 1. The maximum absolute atomic E-state index is 12.0. The van der Waals surface area contributed by atoms with Crippen LogP contribution in [-0.4, -0.2) is 17.0 Å².